The van der Waals surface area contributed by atoms with Gasteiger partial charge in [0.25, 0.3) is 5.91 Å². The fourth-order valence-corrected chi connectivity index (χ4v) is 3.81. The lowest BCUT2D eigenvalue weighted by molar-refractivity contribution is -0.142. The number of carbonyl (C=O) groups is 4. The molecule has 0 bridgehead atoms. The van der Waals surface area contributed by atoms with E-state index in [1.165, 1.54) is 18.0 Å². The molecule has 0 unspecified atom stereocenters. The summed E-state index contributed by atoms with van der Waals surface area (Å²) in [6, 6.07) is 9.29. The summed E-state index contributed by atoms with van der Waals surface area (Å²) in [6.45, 7) is 3.56. The molecule has 1 aromatic carbocycles. The Morgan fingerprint density at radius 2 is 1.63 bits per heavy atom. The van der Waals surface area contributed by atoms with Crippen LogP contribution in [0.1, 0.15) is 36.2 Å². The molecule has 4 N–H and O–H groups in total. The summed E-state index contributed by atoms with van der Waals surface area (Å²) in [5, 5.41) is 17.5. The molecule has 0 fully saturated rings. The molecule has 188 valence electrons. The molecule has 0 saturated heterocycles. The number of carboxylic acid groups (broad SMARTS) is 1. The van der Waals surface area contributed by atoms with Crippen molar-refractivity contribution in [3.8, 4) is 0 Å². The van der Waals surface area contributed by atoms with Crippen molar-refractivity contribution in [3.05, 3.63) is 66.0 Å². The van der Waals surface area contributed by atoms with Crippen molar-refractivity contribution in [1.82, 2.24) is 20.9 Å². The van der Waals surface area contributed by atoms with Gasteiger partial charge in [-0.2, -0.15) is 11.8 Å². The number of nitrogens with one attached hydrogen (secondary N) is 3. The molecule has 0 radical (unpaired) electrons. The molecule has 0 spiro atoms. The molecule has 0 aliphatic heterocycles. The standard InChI is InChI=1S/C25H32N4O5S/c1-16(2)21(29-22(30)18-10-7-12-26-15-18)24(32)28-20(14-17-8-5-4-6-9-17)23(31)27-19(25(33)34)11-13-35-3/h4-10,12,15-16,19-21H,11,13-14H2,1-3H3,(H,27,31)(H,28,32)(H,29,30)(H,33,34)/t19-,20-,21-/m0/s1. The van der Waals surface area contributed by atoms with Gasteiger partial charge in [0, 0.05) is 18.8 Å². The first kappa shape index (κ1) is 27.8. The van der Waals surface area contributed by atoms with Gasteiger partial charge in [-0.05, 0) is 42.0 Å². The first-order chi connectivity index (χ1) is 16.7. The van der Waals surface area contributed by atoms with Gasteiger partial charge < -0.3 is 21.1 Å². The molecular weight excluding hydrogens is 468 g/mol. The van der Waals surface area contributed by atoms with Gasteiger partial charge in [-0.25, -0.2) is 4.79 Å². The monoisotopic (exact) mass is 500 g/mol. The van der Waals surface area contributed by atoms with Gasteiger partial charge in [-0.15, -0.1) is 0 Å². The molecule has 3 atom stereocenters. The van der Waals surface area contributed by atoms with Crippen LogP contribution in [0.15, 0.2) is 54.9 Å². The number of amides is 3. The van der Waals surface area contributed by atoms with Crippen molar-refractivity contribution in [2.75, 3.05) is 12.0 Å². The van der Waals surface area contributed by atoms with Crippen molar-refractivity contribution in [2.45, 2.75) is 44.8 Å². The van der Waals surface area contributed by atoms with E-state index < -0.39 is 41.8 Å². The van der Waals surface area contributed by atoms with E-state index in [0.717, 1.165) is 5.56 Å². The zero-order valence-electron chi connectivity index (χ0n) is 20.1. The van der Waals surface area contributed by atoms with Crippen LogP contribution in [0.3, 0.4) is 0 Å². The lowest BCUT2D eigenvalue weighted by atomic mass is 10.0. The van der Waals surface area contributed by atoms with E-state index in [1.807, 2.05) is 36.6 Å². The van der Waals surface area contributed by atoms with Crippen molar-refractivity contribution in [1.29, 1.82) is 0 Å². The Kier molecular flexibility index (Phi) is 11.2. The number of hydrogen-bond donors (Lipinski definition) is 4. The fourth-order valence-electron chi connectivity index (χ4n) is 3.34. The highest BCUT2D eigenvalue weighted by Gasteiger charge is 2.31. The van der Waals surface area contributed by atoms with Crippen LogP contribution in [-0.4, -0.2) is 63.9 Å². The lowest BCUT2D eigenvalue weighted by Gasteiger charge is -2.26. The van der Waals surface area contributed by atoms with Crippen LogP contribution in [0.2, 0.25) is 0 Å². The van der Waals surface area contributed by atoms with Crippen LogP contribution in [0.4, 0.5) is 0 Å². The number of thioether (sulfide) groups is 1. The van der Waals surface area contributed by atoms with E-state index >= 15 is 0 Å². The summed E-state index contributed by atoms with van der Waals surface area (Å²) in [5.74, 6) is -2.45. The SMILES string of the molecule is CSCC[C@H](NC(=O)[C@H](Cc1ccccc1)NC(=O)[C@@H](NC(=O)c1cccnc1)C(C)C)C(=O)O. The average Bonchev–Trinajstić information content (AvgIpc) is 2.85. The Morgan fingerprint density at radius 3 is 2.20 bits per heavy atom. The summed E-state index contributed by atoms with van der Waals surface area (Å²) >= 11 is 1.48. The Balaban J connectivity index is 2.20. The van der Waals surface area contributed by atoms with E-state index in [9.17, 15) is 24.3 Å². The zero-order valence-corrected chi connectivity index (χ0v) is 20.9. The molecule has 2 rings (SSSR count). The topological polar surface area (TPSA) is 137 Å². The van der Waals surface area contributed by atoms with Crippen molar-refractivity contribution in [3.63, 3.8) is 0 Å². The van der Waals surface area contributed by atoms with E-state index in [1.54, 1.807) is 32.2 Å². The Labute approximate surface area is 209 Å². The third kappa shape index (κ3) is 9.05. The molecule has 1 aromatic heterocycles. The number of aliphatic carboxylic acids is 1. The number of benzene rings is 1. The molecule has 1 heterocycles. The van der Waals surface area contributed by atoms with Crippen LogP contribution in [0.5, 0.6) is 0 Å². The number of nitrogens with zero attached hydrogens (tertiary/aromatic N) is 1. The zero-order chi connectivity index (χ0) is 25.8. The maximum absolute atomic E-state index is 13.2. The van der Waals surface area contributed by atoms with E-state index in [4.69, 9.17) is 0 Å². The smallest absolute Gasteiger partial charge is 0.326 e. The van der Waals surface area contributed by atoms with Gasteiger partial charge in [0.2, 0.25) is 11.8 Å². The van der Waals surface area contributed by atoms with Gasteiger partial charge >= 0.3 is 5.97 Å². The van der Waals surface area contributed by atoms with Crippen LogP contribution in [0.25, 0.3) is 0 Å². The summed E-state index contributed by atoms with van der Waals surface area (Å²) in [5.41, 5.74) is 1.10. The highest BCUT2D eigenvalue weighted by atomic mass is 32.2. The molecule has 0 aliphatic rings. The predicted octanol–water partition coefficient (Wildman–Crippen LogP) is 1.89. The molecule has 0 saturated carbocycles. The Bertz CT molecular complexity index is 988. The third-order valence-corrected chi connectivity index (χ3v) is 5.94. The van der Waals surface area contributed by atoms with Crippen LogP contribution in [0, 0.1) is 5.92 Å². The van der Waals surface area contributed by atoms with E-state index in [2.05, 4.69) is 20.9 Å². The van der Waals surface area contributed by atoms with Crippen molar-refractivity contribution >= 4 is 35.5 Å². The Morgan fingerprint density at radius 1 is 0.943 bits per heavy atom. The molecule has 10 heteroatoms. The minimum absolute atomic E-state index is 0.161. The van der Waals surface area contributed by atoms with Crippen LogP contribution >= 0.6 is 11.8 Å². The molecule has 35 heavy (non-hydrogen) atoms. The quantitative estimate of drug-likeness (QED) is 0.330. The number of pyridine rings is 1. The van der Waals surface area contributed by atoms with Gasteiger partial charge in [0.05, 0.1) is 5.56 Å². The summed E-state index contributed by atoms with van der Waals surface area (Å²) in [6.07, 6.45) is 5.21. The maximum atomic E-state index is 13.2. The second kappa shape index (κ2) is 14.1. The average molecular weight is 501 g/mol. The molecule has 2 aromatic rings. The normalized spacial score (nSPS) is 13.4. The number of rotatable bonds is 13. The van der Waals surface area contributed by atoms with Gasteiger partial charge in [-0.1, -0.05) is 44.2 Å². The maximum Gasteiger partial charge on any atom is 0.326 e. The van der Waals surface area contributed by atoms with E-state index in [0.29, 0.717) is 11.3 Å². The number of carboxylic acids is 1. The minimum Gasteiger partial charge on any atom is -0.480 e. The Hall–Kier alpha value is -3.40. The molecule has 3 amide bonds. The number of aromatic nitrogens is 1. The molecular formula is C25H32N4O5S. The van der Waals surface area contributed by atoms with Gasteiger partial charge in [0.1, 0.15) is 18.1 Å². The second-order valence-electron chi connectivity index (χ2n) is 8.37. The van der Waals surface area contributed by atoms with Gasteiger partial charge in [0.15, 0.2) is 0 Å². The van der Waals surface area contributed by atoms with Crippen molar-refractivity contribution < 1.29 is 24.3 Å². The summed E-state index contributed by atoms with van der Waals surface area (Å²) < 4.78 is 0. The molecule has 9 nitrogen and oxygen atoms in total. The van der Waals surface area contributed by atoms with E-state index in [-0.39, 0.29) is 18.8 Å². The second-order valence-corrected chi connectivity index (χ2v) is 9.35. The number of carbonyl (C=O) groups excluding carboxylic acids is 3. The third-order valence-electron chi connectivity index (χ3n) is 5.30. The van der Waals surface area contributed by atoms with Crippen molar-refractivity contribution in [2.24, 2.45) is 5.92 Å². The highest BCUT2D eigenvalue weighted by Crippen LogP contribution is 2.09. The largest absolute Gasteiger partial charge is 0.480 e. The molecule has 0 aliphatic carbocycles. The fraction of sp³-hybridized carbons (Fsp3) is 0.400. The first-order valence-corrected chi connectivity index (χ1v) is 12.7. The highest BCUT2D eigenvalue weighted by molar-refractivity contribution is 7.98. The number of hydrogen-bond acceptors (Lipinski definition) is 6. The first-order valence-electron chi connectivity index (χ1n) is 11.3. The van der Waals surface area contributed by atoms with Crippen LogP contribution < -0.4 is 16.0 Å². The lowest BCUT2D eigenvalue weighted by Crippen LogP contribution is -2.57. The van der Waals surface area contributed by atoms with Gasteiger partial charge in [-0.3, -0.25) is 19.4 Å². The minimum atomic E-state index is -1.14. The summed E-state index contributed by atoms with van der Waals surface area (Å²) in [7, 11) is 0. The van der Waals surface area contributed by atoms with Crippen LogP contribution in [-0.2, 0) is 20.8 Å². The summed E-state index contributed by atoms with van der Waals surface area (Å²) in [4.78, 5) is 54.5. The predicted molar refractivity (Wildman–Crippen MR) is 135 cm³/mol.